The molecule has 20 heavy (non-hydrogen) atoms. The summed E-state index contributed by atoms with van der Waals surface area (Å²) in [6.45, 7) is 2.18. The Morgan fingerprint density at radius 3 is 2.75 bits per heavy atom. The molecule has 0 saturated carbocycles. The second-order valence-electron chi connectivity index (χ2n) is 4.88. The van der Waals surface area contributed by atoms with E-state index >= 15 is 0 Å². The van der Waals surface area contributed by atoms with E-state index in [2.05, 4.69) is 6.92 Å². The first kappa shape index (κ1) is 16.4. The molecule has 0 spiro atoms. The van der Waals surface area contributed by atoms with Gasteiger partial charge in [0.05, 0.1) is 10.5 Å². The van der Waals surface area contributed by atoms with E-state index in [0.29, 0.717) is 12.0 Å². The second kappa shape index (κ2) is 9.26. The van der Waals surface area contributed by atoms with Gasteiger partial charge in [0.2, 0.25) is 0 Å². The Balaban J connectivity index is 2.68. The summed E-state index contributed by atoms with van der Waals surface area (Å²) in [5.74, 6) is 0. The number of aliphatic hydroxyl groups excluding tert-OH is 1. The number of nitro groups is 1. The maximum absolute atomic E-state index is 11.1. The minimum absolute atomic E-state index is 0.00374. The van der Waals surface area contributed by atoms with Crippen LogP contribution in [0.1, 0.15) is 50.2 Å². The van der Waals surface area contributed by atoms with Crippen LogP contribution in [0.25, 0.3) is 6.08 Å². The summed E-state index contributed by atoms with van der Waals surface area (Å²) < 4.78 is 0. The Labute approximate surface area is 120 Å². The minimum Gasteiger partial charge on any atom is -0.396 e. The number of allylic oxidation sites excluding steroid dienone is 1. The van der Waals surface area contributed by atoms with Crippen molar-refractivity contribution < 1.29 is 10.0 Å². The van der Waals surface area contributed by atoms with Crippen molar-refractivity contribution in [1.29, 1.82) is 0 Å². The van der Waals surface area contributed by atoms with Crippen LogP contribution in [0.2, 0.25) is 0 Å². The van der Waals surface area contributed by atoms with Crippen molar-refractivity contribution in [3.63, 3.8) is 0 Å². The van der Waals surface area contributed by atoms with Gasteiger partial charge in [-0.05, 0) is 30.9 Å². The molecular formula is C16H23NO3. The molecule has 0 aliphatic rings. The molecule has 0 fully saturated rings. The lowest BCUT2D eigenvalue weighted by Crippen LogP contribution is -1.96. The number of benzene rings is 1. The first-order valence-corrected chi connectivity index (χ1v) is 7.23. The monoisotopic (exact) mass is 277 g/mol. The van der Waals surface area contributed by atoms with Gasteiger partial charge >= 0.3 is 0 Å². The van der Waals surface area contributed by atoms with Crippen molar-refractivity contribution in [2.45, 2.75) is 45.4 Å². The standard InChI is InChI=1S/C16H23NO3/c1-2-3-4-5-6-7-8-15-10-9-14(11-12-18)13-16(15)17(19)20/h7-10,13,18H,2-6,11-12H2,1H3/b8-7+. The SMILES string of the molecule is CCCCCC/C=C/c1ccc(CCO)cc1[N+](=O)[O-]. The second-order valence-corrected chi connectivity index (χ2v) is 4.88. The molecule has 0 heterocycles. The Bertz CT molecular complexity index is 455. The highest BCUT2D eigenvalue weighted by molar-refractivity contribution is 5.61. The van der Waals surface area contributed by atoms with Crippen LogP contribution in [0.5, 0.6) is 0 Å². The third kappa shape index (κ3) is 5.53. The summed E-state index contributed by atoms with van der Waals surface area (Å²) >= 11 is 0. The van der Waals surface area contributed by atoms with Gasteiger partial charge in [-0.25, -0.2) is 0 Å². The van der Waals surface area contributed by atoms with E-state index in [4.69, 9.17) is 5.11 Å². The van der Waals surface area contributed by atoms with E-state index in [-0.39, 0.29) is 17.2 Å². The van der Waals surface area contributed by atoms with E-state index in [1.807, 2.05) is 18.2 Å². The van der Waals surface area contributed by atoms with Gasteiger partial charge in [0, 0.05) is 12.7 Å². The van der Waals surface area contributed by atoms with Crippen LogP contribution in [0.15, 0.2) is 24.3 Å². The molecular weight excluding hydrogens is 254 g/mol. The van der Waals surface area contributed by atoms with Crippen molar-refractivity contribution in [1.82, 2.24) is 0 Å². The third-order valence-corrected chi connectivity index (χ3v) is 3.21. The van der Waals surface area contributed by atoms with Gasteiger partial charge in [0.15, 0.2) is 0 Å². The van der Waals surface area contributed by atoms with Gasteiger partial charge in [-0.15, -0.1) is 0 Å². The van der Waals surface area contributed by atoms with Crippen LogP contribution in [-0.4, -0.2) is 16.6 Å². The molecule has 0 radical (unpaired) electrons. The highest BCUT2D eigenvalue weighted by Gasteiger charge is 2.12. The fraction of sp³-hybridized carbons (Fsp3) is 0.500. The number of nitro benzene ring substituents is 1. The van der Waals surface area contributed by atoms with Crippen LogP contribution >= 0.6 is 0 Å². The van der Waals surface area contributed by atoms with Crippen molar-refractivity contribution in [2.75, 3.05) is 6.61 Å². The molecule has 1 rings (SSSR count). The quantitative estimate of drug-likeness (QED) is 0.419. The third-order valence-electron chi connectivity index (χ3n) is 3.21. The average Bonchev–Trinajstić information content (AvgIpc) is 2.44. The summed E-state index contributed by atoms with van der Waals surface area (Å²) in [5.41, 5.74) is 1.53. The zero-order valence-corrected chi connectivity index (χ0v) is 12.0. The summed E-state index contributed by atoms with van der Waals surface area (Å²) in [7, 11) is 0. The summed E-state index contributed by atoms with van der Waals surface area (Å²) in [6.07, 6.45) is 10.0. The summed E-state index contributed by atoms with van der Waals surface area (Å²) in [6, 6.07) is 5.14. The lowest BCUT2D eigenvalue weighted by molar-refractivity contribution is -0.385. The number of rotatable bonds is 9. The Hall–Kier alpha value is -1.68. The van der Waals surface area contributed by atoms with E-state index < -0.39 is 0 Å². The van der Waals surface area contributed by atoms with Crippen molar-refractivity contribution in [3.05, 3.63) is 45.5 Å². The van der Waals surface area contributed by atoms with Crippen molar-refractivity contribution in [2.24, 2.45) is 0 Å². The Kier molecular flexibility index (Phi) is 7.58. The molecule has 1 N–H and O–H groups in total. The molecule has 1 aromatic rings. The maximum Gasteiger partial charge on any atom is 0.276 e. The molecule has 1 aromatic carbocycles. The number of hydrogen-bond acceptors (Lipinski definition) is 3. The molecule has 0 aliphatic heterocycles. The van der Waals surface area contributed by atoms with Crippen LogP contribution < -0.4 is 0 Å². The fourth-order valence-electron chi connectivity index (χ4n) is 2.07. The van der Waals surface area contributed by atoms with E-state index in [0.717, 1.165) is 18.4 Å². The van der Waals surface area contributed by atoms with Gasteiger partial charge in [0.25, 0.3) is 5.69 Å². The van der Waals surface area contributed by atoms with Crippen molar-refractivity contribution >= 4 is 11.8 Å². The molecule has 110 valence electrons. The van der Waals surface area contributed by atoms with E-state index in [1.165, 1.54) is 19.3 Å². The lowest BCUT2D eigenvalue weighted by Gasteiger charge is -2.02. The average molecular weight is 277 g/mol. The molecule has 4 nitrogen and oxygen atoms in total. The van der Waals surface area contributed by atoms with Crippen LogP contribution in [0, 0.1) is 10.1 Å². The number of nitrogens with zero attached hydrogens (tertiary/aromatic N) is 1. The summed E-state index contributed by atoms with van der Waals surface area (Å²) in [4.78, 5) is 10.7. The summed E-state index contributed by atoms with van der Waals surface area (Å²) in [5, 5.41) is 19.9. The molecule has 4 heteroatoms. The smallest absolute Gasteiger partial charge is 0.276 e. The molecule has 0 atom stereocenters. The molecule has 0 bridgehead atoms. The minimum atomic E-state index is -0.363. The first-order valence-electron chi connectivity index (χ1n) is 7.23. The Morgan fingerprint density at radius 2 is 2.10 bits per heavy atom. The van der Waals surface area contributed by atoms with Crippen LogP contribution in [0.4, 0.5) is 5.69 Å². The fourth-order valence-corrected chi connectivity index (χ4v) is 2.07. The van der Waals surface area contributed by atoms with Gasteiger partial charge < -0.3 is 5.11 Å². The highest BCUT2D eigenvalue weighted by Crippen LogP contribution is 2.22. The van der Waals surface area contributed by atoms with E-state index in [9.17, 15) is 10.1 Å². The molecule has 0 unspecified atom stereocenters. The first-order chi connectivity index (χ1) is 9.69. The van der Waals surface area contributed by atoms with Crippen LogP contribution in [-0.2, 0) is 6.42 Å². The van der Waals surface area contributed by atoms with Crippen molar-refractivity contribution in [3.8, 4) is 0 Å². The predicted octanol–water partition coefficient (Wildman–Crippen LogP) is 4.11. The number of hydrogen-bond donors (Lipinski definition) is 1. The molecule has 0 aliphatic carbocycles. The maximum atomic E-state index is 11.1. The number of aliphatic hydroxyl groups is 1. The molecule has 0 aromatic heterocycles. The van der Waals surface area contributed by atoms with Crippen LogP contribution in [0.3, 0.4) is 0 Å². The Morgan fingerprint density at radius 1 is 1.30 bits per heavy atom. The normalized spacial score (nSPS) is 11.1. The largest absolute Gasteiger partial charge is 0.396 e. The zero-order valence-electron chi connectivity index (χ0n) is 12.0. The van der Waals surface area contributed by atoms with Gasteiger partial charge in [-0.3, -0.25) is 10.1 Å². The van der Waals surface area contributed by atoms with Gasteiger partial charge in [-0.1, -0.05) is 44.4 Å². The molecule has 0 saturated heterocycles. The lowest BCUT2D eigenvalue weighted by atomic mass is 10.1. The van der Waals surface area contributed by atoms with E-state index in [1.54, 1.807) is 12.1 Å². The highest BCUT2D eigenvalue weighted by atomic mass is 16.6. The predicted molar refractivity (Wildman–Crippen MR) is 81.7 cm³/mol. The van der Waals surface area contributed by atoms with Gasteiger partial charge in [0.1, 0.15) is 0 Å². The molecule has 0 amide bonds. The topological polar surface area (TPSA) is 63.4 Å². The van der Waals surface area contributed by atoms with Gasteiger partial charge in [-0.2, -0.15) is 0 Å². The zero-order chi connectivity index (χ0) is 14.8. The number of unbranched alkanes of at least 4 members (excludes halogenated alkanes) is 4.